The number of urea groups is 1. The summed E-state index contributed by atoms with van der Waals surface area (Å²) in [6.07, 6.45) is 1.17. The molecule has 3 heterocycles. The normalized spacial score (nSPS) is 24.7. The van der Waals surface area contributed by atoms with Crippen LogP contribution in [0.5, 0.6) is 5.75 Å². The average Bonchev–Trinajstić information content (AvgIpc) is 2.88. The summed E-state index contributed by atoms with van der Waals surface area (Å²) >= 11 is 0. The third kappa shape index (κ3) is 3.00. The monoisotopic (exact) mass is 360 g/mol. The van der Waals surface area contributed by atoms with Gasteiger partial charge in [-0.25, -0.2) is 9.59 Å². The summed E-state index contributed by atoms with van der Waals surface area (Å²) in [7, 11) is 1.70. The van der Waals surface area contributed by atoms with Gasteiger partial charge in [-0.15, -0.1) is 0 Å². The zero-order valence-corrected chi connectivity index (χ0v) is 14.4. The third-order valence-corrected chi connectivity index (χ3v) is 4.83. The molecule has 0 aliphatic carbocycles. The predicted octanol–water partition coefficient (Wildman–Crippen LogP) is 1.47. The van der Waals surface area contributed by atoms with Crippen molar-refractivity contribution >= 4 is 29.4 Å². The third-order valence-electron chi connectivity index (χ3n) is 4.83. The topological polar surface area (TPSA) is 100 Å². The summed E-state index contributed by atoms with van der Waals surface area (Å²) in [5.41, 5.74) is 0.534. The van der Waals surface area contributed by atoms with Crippen LogP contribution in [0.2, 0.25) is 0 Å². The highest BCUT2D eigenvalue weighted by molar-refractivity contribution is 5.96. The SMILES string of the molecule is CN1CC2(CCCN(C(=O)Nc3ccc4c(c3)OCC(=O)N4)C2)OC1=O. The maximum Gasteiger partial charge on any atom is 0.410 e. The number of hydrogen-bond donors (Lipinski definition) is 2. The van der Waals surface area contributed by atoms with E-state index in [-0.39, 0.29) is 24.6 Å². The summed E-state index contributed by atoms with van der Waals surface area (Å²) < 4.78 is 10.9. The van der Waals surface area contributed by atoms with E-state index in [4.69, 9.17) is 9.47 Å². The molecule has 4 amide bonds. The van der Waals surface area contributed by atoms with Crippen LogP contribution in [-0.4, -0.2) is 66.7 Å². The number of amides is 4. The van der Waals surface area contributed by atoms with E-state index in [1.807, 2.05) is 0 Å². The molecule has 0 saturated carbocycles. The summed E-state index contributed by atoms with van der Waals surface area (Å²) in [5, 5.41) is 5.55. The second-order valence-electron chi connectivity index (χ2n) is 6.91. The zero-order chi connectivity index (χ0) is 18.3. The van der Waals surface area contributed by atoms with Crippen molar-refractivity contribution in [1.82, 2.24) is 9.80 Å². The molecule has 138 valence electrons. The number of benzene rings is 1. The number of rotatable bonds is 1. The zero-order valence-electron chi connectivity index (χ0n) is 14.4. The first-order valence-electron chi connectivity index (χ1n) is 8.51. The molecule has 0 radical (unpaired) electrons. The van der Waals surface area contributed by atoms with Crippen molar-refractivity contribution < 1.29 is 23.9 Å². The fourth-order valence-electron chi connectivity index (χ4n) is 3.63. The minimum atomic E-state index is -0.620. The van der Waals surface area contributed by atoms with E-state index >= 15 is 0 Å². The van der Waals surface area contributed by atoms with Crippen LogP contribution in [0.4, 0.5) is 21.0 Å². The van der Waals surface area contributed by atoms with Gasteiger partial charge in [-0.3, -0.25) is 4.79 Å². The molecule has 1 aromatic rings. The Morgan fingerprint density at radius 3 is 2.92 bits per heavy atom. The van der Waals surface area contributed by atoms with E-state index < -0.39 is 5.60 Å². The molecule has 0 bridgehead atoms. The van der Waals surface area contributed by atoms with E-state index in [1.165, 1.54) is 4.90 Å². The molecule has 1 unspecified atom stereocenters. The van der Waals surface area contributed by atoms with Gasteiger partial charge in [0.2, 0.25) is 0 Å². The van der Waals surface area contributed by atoms with Gasteiger partial charge in [0.05, 0.1) is 18.8 Å². The number of nitrogens with zero attached hydrogens (tertiary/aromatic N) is 2. The minimum Gasteiger partial charge on any atom is -0.482 e. The molecular formula is C17H20N4O5. The number of carbonyl (C=O) groups excluding carboxylic acids is 3. The summed E-state index contributed by atoms with van der Waals surface area (Å²) in [6, 6.07) is 4.81. The Labute approximate surface area is 150 Å². The van der Waals surface area contributed by atoms with Gasteiger partial charge in [0.1, 0.15) is 11.4 Å². The van der Waals surface area contributed by atoms with Crippen LogP contribution < -0.4 is 15.4 Å². The number of likely N-dealkylation sites (N-methyl/N-ethyl adjacent to an activating group) is 1. The molecule has 3 aliphatic heterocycles. The largest absolute Gasteiger partial charge is 0.482 e. The molecule has 9 nitrogen and oxygen atoms in total. The standard InChI is InChI=1S/C17H20N4O5/c1-20-9-17(26-16(20)24)5-2-6-21(10-17)15(23)18-11-3-4-12-13(7-11)25-8-14(22)19-12/h3-4,7H,2,5-6,8-10H2,1H3,(H,18,23)(H,19,22). The van der Waals surface area contributed by atoms with E-state index in [0.29, 0.717) is 36.8 Å². The summed E-state index contributed by atoms with van der Waals surface area (Å²) in [4.78, 5) is 38.9. The van der Waals surface area contributed by atoms with Crippen molar-refractivity contribution in [2.45, 2.75) is 18.4 Å². The Morgan fingerprint density at radius 2 is 2.15 bits per heavy atom. The first-order chi connectivity index (χ1) is 12.4. The number of piperidine rings is 1. The average molecular weight is 360 g/mol. The van der Waals surface area contributed by atoms with Gasteiger partial charge < -0.3 is 29.9 Å². The van der Waals surface area contributed by atoms with E-state index in [2.05, 4.69) is 10.6 Å². The molecule has 3 aliphatic rings. The lowest BCUT2D eigenvalue weighted by Crippen LogP contribution is -2.53. The highest BCUT2D eigenvalue weighted by Gasteiger charge is 2.47. The fraction of sp³-hybridized carbons (Fsp3) is 0.471. The van der Waals surface area contributed by atoms with Crippen LogP contribution in [0.3, 0.4) is 0 Å². The van der Waals surface area contributed by atoms with E-state index in [1.54, 1.807) is 30.1 Å². The lowest BCUT2D eigenvalue weighted by atomic mass is 9.93. The fourth-order valence-corrected chi connectivity index (χ4v) is 3.63. The number of carbonyl (C=O) groups is 3. The second-order valence-corrected chi connectivity index (χ2v) is 6.91. The molecule has 4 rings (SSSR count). The van der Waals surface area contributed by atoms with Gasteiger partial charge in [0, 0.05) is 25.3 Å². The molecule has 0 aromatic heterocycles. The predicted molar refractivity (Wildman–Crippen MR) is 92.2 cm³/mol. The first-order valence-corrected chi connectivity index (χ1v) is 8.51. The number of likely N-dealkylation sites (tertiary alicyclic amines) is 1. The number of ether oxygens (including phenoxy) is 2. The molecule has 1 atom stereocenters. The minimum absolute atomic E-state index is 0.0437. The van der Waals surface area contributed by atoms with Crippen LogP contribution in [0.1, 0.15) is 12.8 Å². The van der Waals surface area contributed by atoms with E-state index in [0.717, 1.165) is 12.8 Å². The van der Waals surface area contributed by atoms with Crippen LogP contribution >= 0.6 is 0 Å². The Balaban J connectivity index is 1.43. The van der Waals surface area contributed by atoms with Gasteiger partial charge in [-0.2, -0.15) is 0 Å². The number of fused-ring (bicyclic) bond motifs is 1. The van der Waals surface area contributed by atoms with Gasteiger partial charge in [0.25, 0.3) is 5.91 Å². The first kappa shape index (κ1) is 16.5. The van der Waals surface area contributed by atoms with Crippen molar-refractivity contribution in [3.63, 3.8) is 0 Å². The van der Waals surface area contributed by atoms with Gasteiger partial charge in [0.15, 0.2) is 6.61 Å². The highest BCUT2D eigenvalue weighted by atomic mass is 16.6. The summed E-state index contributed by atoms with van der Waals surface area (Å²) in [6.45, 7) is 1.42. The summed E-state index contributed by atoms with van der Waals surface area (Å²) in [5.74, 6) is 0.313. The van der Waals surface area contributed by atoms with E-state index in [9.17, 15) is 14.4 Å². The Bertz CT molecular complexity index is 782. The van der Waals surface area contributed by atoms with Crippen LogP contribution in [0, 0.1) is 0 Å². The maximum absolute atomic E-state index is 12.6. The van der Waals surface area contributed by atoms with Crippen LogP contribution in [0.25, 0.3) is 0 Å². The van der Waals surface area contributed by atoms with Gasteiger partial charge >= 0.3 is 12.1 Å². The van der Waals surface area contributed by atoms with Gasteiger partial charge in [-0.05, 0) is 25.0 Å². The lowest BCUT2D eigenvalue weighted by molar-refractivity contribution is -0.118. The molecule has 1 aromatic carbocycles. The quantitative estimate of drug-likeness (QED) is 0.790. The molecule has 26 heavy (non-hydrogen) atoms. The molecule has 2 N–H and O–H groups in total. The van der Waals surface area contributed by atoms with Crippen molar-refractivity contribution in [3.8, 4) is 5.75 Å². The Morgan fingerprint density at radius 1 is 1.31 bits per heavy atom. The van der Waals surface area contributed by atoms with Crippen molar-refractivity contribution in [1.29, 1.82) is 0 Å². The lowest BCUT2D eigenvalue weighted by Gasteiger charge is -2.38. The van der Waals surface area contributed by atoms with Crippen LogP contribution in [-0.2, 0) is 9.53 Å². The second kappa shape index (κ2) is 6.08. The molecular weight excluding hydrogens is 340 g/mol. The molecule has 2 saturated heterocycles. The van der Waals surface area contributed by atoms with Crippen molar-refractivity contribution in [3.05, 3.63) is 18.2 Å². The number of anilines is 2. The maximum atomic E-state index is 12.6. The van der Waals surface area contributed by atoms with Gasteiger partial charge in [-0.1, -0.05) is 0 Å². The molecule has 2 fully saturated rings. The molecule has 1 spiro atoms. The van der Waals surface area contributed by atoms with Crippen molar-refractivity contribution in [2.75, 3.05) is 43.9 Å². The Kier molecular flexibility index (Phi) is 3.86. The number of hydrogen-bond acceptors (Lipinski definition) is 5. The number of nitrogens with one attached hydrogen (secondary N) is 2. The molecule has 9 heteroatoms. The smallest absolute Gasteiger partial charge is 0.410 e. The van der Waals surface area contributed by atoms with Crippen LogP contribution in [0.15, 0.2) is 18.2 Å². The highest BCUT2D eigenvalue weighted by Crippen LogP contribution is 2.33. The van der Waals surface area contributed by atoms with Crippen molar-refractivity contribution in [2.24, 2.45) is 0 Å². The Hall–Kier alpha value is -2.97.